The first kappa shape index (κ1) is 30.9. The Balaban J connectivity index is 1.33. The van der Waals surface area contributed by atoms with E-state index in [1.807, 2.05) is 54.6 Å². The normalized spacial score (nSPS) is 25.5. The van der Waals surface area contributed by atoms with Crippen molar-refractivity contribution in [1.29, 1.82) is 0 Å². The van der Waals surface area contributed by atoms with Gasteiger partial charge < -0.3 is 28.0 Å². The maximum Gasteiger partial charge on any atom is 0.249 e. The van der Waals surface area contributed by atoms with Gasteiger partial charge in [0.25, 0.3) is 0 Å². The summed E-state index contributed by atoms with van der Waals surface area (Å²) in [7, 11) is 0. The molecule has 41 heavy (non-hydrogen) atoms. The lowest BCUT2D eigenvalue weighted by Gasteiger charge is -2.43. The first-order valence-corrected chi connectivity index (χ1v) is 18.2. The molecule has 0 bridgehead atoms. The van der Waals surface area contributed by atoms with Gasteiger partial charge in [-0.25, -0.2) is 0 Å². The Labute approximate surface area is 252 Å². The molecule has 2 aliphatic rings. The van der Waals surface area contributed by atoms with E-state index in [0.29, 0.717) is 46.1 Å². The number of hydrogen-bond donors (Lipinski definition) is 0. The average Bonchev–Trinajstić information content (AvgIpc) is 2.99. The van der Waals surface area contributed by atoms with Gasteiger partial charge in [-0.15, -0.1) is 0 Å². The summed E-state index contributed by atoms with van der Waals surface area (Å²) in [5.41, 5.74) is 0.420. The van der Waals surface area contributed by atoms with Crippen molar-refractivity contribution in [1.82, 2.24) is 0 Å². The second-order valence-electron chi connectivity index (χ2n) is 11.2. The summed E-state index contributed by atoms with van der Waals surface area (Å²) in [5, 5.41) is 0. The first-order valence-electron chi connectivity index (χ1n) is 14.0. The lowest BCUT2D eigenvalue weighted by atomic mass is 9.97. The minimum absolute atomic E-state index is 0.0538. The SMILES string of the molecule is CC1(C)COP(=S)(S[C@@H]2C[C@@H](OCc3ccccc3)[C@H](OCc3ccccc3)[C@@H](COCc3ccccc3)O2)OC1. The predicted octanol–water partition coefficient (Wildman–Crippen LogP) is 7.52. The van der Waals surface area contributed by atoms with E-state index < -0.39 is 5.69 Å². The van der Waals surface area contributed by atoms with Crippen LogP contribution in [0.1, 0.15) is 37.0 Å². The lowest BCUT2D eigenvalue weighted by Crippen LogP contribution is -2.51. The van der Waals surface area contributed by atoms with E-state index in [9.17, 15) is 0 Å². The van der Waals surface area contributed by atoms with Gasteiger partial charge in [-0.1, -0.05) is 105 Å². The van der Waals surface area contributed by atoms with E-state index in [4.69, 9.17) is 39.8 Å². The van der Waals surface area contributed by atoms with Crippen LogP contribution in [0.4, 0.5) is 0 Å². The van der Waals surface area contributed by atoms with Crippen molar-refractivity contribution in [3.05, 3.63) is 108 Å². The fourth-order valence-corrected chi connectivity index (χ4v) is 9.77. The number of benzene rings is 3. The summed E-state index contributed by atoms with van der Waals surface area (Å²) in [6.45, 7) is 7.15. The summed E-state index contributed by atoms with van der Waals surface area (Å²) in [4.78, 5) is 0. The van der Waals surface area contributed by atoms with Crippen molar-refractivity contribution in [2.24, 2.45) is 5.41 Å². The Bertz CT molecular complexity index is 1230. The lowest BCUT2D eigenvalue weighted by molar-refractivity contribution is -0.204. The molecule has 2 saturated heterocycles. The molecule has 4 atom stereocenters. The molecule has 0 saturated carbocycles. The second-order valence-corrected chi connectivity index (χ2v) is 17.6. The fourth-order valence-electron chi connectivity index (χ4n) is 4.67. The van der Waals surface area contributed by atoms with Crippen molar-refractivity contribution in [2.75, 3.05) is 19.8 Å². The molecule has 2 heterocycles. The standard InChI is InChI=1S/C32H39O6PS2/c1-32(2)23-36-39(40,37-24-32)41-30-18-28(34-20-26-14-8-4-9-15-26)31(35-21-27-16-10-5-11-17-27)29(38-30)22-33-19-25-12-6-3-7-13-25/h3-17,28-31H,18-24H2,1-2H3/t28-,29-,30-,31+/m1/s1. The summed E-state index contributed by atoms with van der Waals surface area (Å²) in [6, 6.07) is 30.5. The summed E-state index contributed by atoms with van der Waals surface area (Å²) in [5.74, 6) is 0. The first-order chi connectivity index (χ1) is 19.9. The van der Waals surface area contributed by atoms with E-state index in [2.05, 4.69) is 50.2 Å². The number of rotatable bonds is 12. The van der Waals surface area contributed by atoms with Crippen LogP contribution in [0, 0.1) is 5.41 Å². The van der Waals surface area contributed by atoms with Gasteiger partial charge in [-0.05, 0) is 39.9 Å². The quantitative estimate of drug-likeness (QED) is 0.194. The smallest absolute Gasteiger partial charge is 0.249 e. The Morgan fingerprint density at radius 1 is 0.780 bits per heavy atom. The van der Waals surface area contributed by atoms with Gasteiger partial charge in [-0.2, -0.15) is 0 Å². The molecule has 6 nitrogen and oxygen atoms in total. The van der Waals surface area contributed by atoms with Crippen molar-refractivity contribution < 1.29 is 28.0 Å². The summed E-state index contributed by atoms with van der Waals surface area (Å²) < 4.78 is 38.3. The third-order valence-electron chi connectivity index (χ3n) is 6.94. The van der Waals surface area contributed by atoms with E-state index >= 15 is 0 Å². The maximum absolute atomic E-state index is 6.66. The third kappa shape index (κ3) is 9.45. The molecule has 0 unspecified atom stereocenters. The zero-order valence-electron chi connectivity index (χ0n) is 23.6. The Hall–Kier alpha value is -1.58. The Morgan fingerprint density at radius 3 is 1.85 bits per heavy atom. The van der Waals surface area contributed by atoms with E-state index in [1.165, 1.54) is 11.4 Å². The zero-order chi connectivity index (χ0) is 28.5. The van der Waals surface area contributed by atoms with Crippen LogP contribution in [0.2, 0.25) is 0 Å². The maximum atomic E-state index is 6.66. The highest BCUT2D eigenvalue weighted by Crippen LogP contribution is 2.66. The van der Waals surface area contributed by atoms with Gasteiger partial charge >= 0.3 is 0 Å². The molecule has 0 spiro atoms. The molecule has 0 aromatic heterocycles. The highest BCUT2D eigenvalue weighted by Gasteiger charge is 2.44. The van der Waals surface area contributed by atoms with Crippen molar-refractivity contribution >= 4 is 28.9 Å². The number of hydrogen-bond acceptors (Lipinski definition) is 8. The molecule has 220 valence electrons. The van der Waals surface area contributed by atoms with Crippen molar-refractivity contribution in [3.63, 3.8) is 0 Å². The molecule has 0 N–H and O–H groups in total. The molecule has 9 heteroatoms. The predicted molar refractivity (Wildman–Crippen MR) is 167 cm³/mol. The molecule has 0 radical (unpaired) electrons. The van der Waals surface area contributed by atoms with E-state index in [0.717, 1.165) is 16.7 Å². The molecular weight excluding hydrogens is 575 g/mol. The molecule has 5 rings (SSSR count). The monoisotopic (exact) mass is 614 g/mol. The Kier molecular flexibility index (Phi) is 11.1. The minimum atomic E-state index is -2.56. The zero-order valence-corrected chi connectivity index (χ0v) is 26.2. The summed E-state index contributed by atoms with van der Waals surface area (Å²) in [6.07, 6.45) is -0.339. The molecule has 2 fully saturated rings. The average molecular weight is 615 g/mol. The molecule has 3 aromatic rings. The molecule has 0 aliphatic carbocycles. The minimum Gasteiger partial charge on any atom is -0.374 e. The van der Waals surface area contributed by atoms with E-state index in [1.54, 1.807) is 0 Å². The number of ether oxygens (including phenoxy) is 4. The largest absolute Gasteiger partial charge is 0.374 e. The van der Waals surface area contributed by atoms with Gasteiger partial charge in [0.15, 0.2) is 0 Å². The van der Waals surface area contributed by atoms with Crippen molar-refractivity contribution in [2.45, 2.75) is 63.8 Å². The van der Waals surface area contributed by atoms with Gasteiger partial charge in [0, 0.05) is 11.8 Å². The van der Waals surface area contributed by atoms with Crippen LogP contribution in [0.15, 0.2) is 91.0 Å². The van der Waals surface area contributed by atoms with Crippen LogP contribution in [-0.2, 0) is 59.6 Å². The van der Waals surface area contributed by atoms with Gasteiger partial charge in [0.05, 0.1) is 45.7 Å². The van der Waals surface area contributed by atoms with Gasteiger partial charge in [0.2, 0.25) is 5.69 Å². The highest BCUT2D eigenvalue weighted by atomic mass is 32.9. The molecule has 2 aliphatic heterocycles. The van der Waals surface area contributed by atoms with Crippen LogP contribution >= 0.6 is 17.1 Å². The van der Waals surface area contributed by atoms with E-state index in [-0.39, 0.29) is 29.2 Å². The van der Waals surface area contributed by atoms with Gasteiger partial charge in [0.1, 0.15) is 17.6 Å². The molecular formula is C32H39O6PS2. The third-order valence-corrected chi connectivity index (χ3v) is 12.2. The second kappa shape index (κ2) is 14.7. The van der Waals surface area contributed by atoms with Crippen LogP contribution in [0.3, 0.4) is 0 Å². The van der Waals surface area contributed by atoms with Crippen LogP contribution < -0.4 is 0 Å². The van der Waals surface area contributed by atoms with Crippen molar-refractivity contribution in [3.8, 4) is 0 Å². The molecule has 0 amide bonds. The van der Waals surface area contributed by atoms with Crippen LogP contribution in [0.5, 0.6) is 0 Å². The summed E-state index contributed by atoms with van der Waals surface area (Å²) >= 11 is 7.39. The highest BCUT2D eigenvalue weighted by molar-refractivity contribution is 8.68. The Morgan fingerprint density at radius 2 is 1.29 bits per heavy atom. The van der Waals surface area contributed by atoms with Crippen LogP contribution in [-0.4, -0.2) is 43.6 Å². The van der Waals surface area contributed by atoms with Gasteiger partial charge in [-0.3, -0.25) is 0 Å². The topological polar surface area (TPSA) is 55.4 Å². The van der Waals surface area contributed by atoms with Crippen LogP contribution in [0.25, 0.3) is 0 Å². The fraction of sp³-hybridized carbons (Fsp3) is 0.438. The molecule has 3 aromatic carbocycles.